The van der Waals surface area contributed by atoms with Crippen LogP contribution < -0.4 is 0 Å². The Morgan fingerprint density at radius 3 is 2.00 bits per heavy atom. The predicted molar refractivity (Wildman–Crippen MR) is 74.1 cm³/mol. The van der Waals surface area contributed by atoms with Gasteiger partial charge in [-0.1, -0.05) is 50.3 Å². The lowest BCUT2D eigenvalue weighted by Crippen LogP contribution is -2.10. The standard InChI is InChI=1S/C10H12O2.C3H6.C2H6/c1-8(11)10(12-2)9-6-4-3-5-7-9;1-3-2;1-2/h3-7,10H,1-2H3;3H,1H2,2H3;1-2H3. The molecule has 0 aliphatic carbocycles. The lowest BCUT2D eigenvalue weighted by molar-refractivity contribution is -0.126. The first-order valence-electron chi connectivity index (χ1n) is 5.82. The van der Waals surface area contributed by atoms with Gasteiger partial charge in [-0.15, -0.1) is 6.58 Å². The van der Waals surface area contributed by atoms with E-state index in [9.17, 15) is 4.79 Å². The fourth-order valence-electron chi connectivity index (χ4n) is 1.16. The zero-order valence-corrected chi connectivity index (χ0v) is 11.6. The number of Topliss-reactive ketones (excluding diaryl/α,β-unsaturated/α-hetero) is 1. The summed E-state index contributed by atoms with van der Waals surface area (Å²) in [4.78, 5) is 11.1. The van der Waals surface area contributed by atoms with Gasteiger partial charge >= 0.3 is 0 Å². The van der Waals surface area contributed by atoms with Crippen molar-refractivity contribution in [1.82, 2.24) is 0 Å². The summed E-state index contributed by atoms with van der Waals surface area (Å²) in [5.41, 5.74) is 0.910. The first kappa shape index (κ1) is 18.0. The van der Waals surface area contributed by atoms with Gasteiger partial charge in [0.25, 0.3) is 0 Å². The van der Waals surface area contributed by atoms with E-state index in [1.165, 1.54) is 6.92 Å². The highest BCUT2D eigenvalue weighted by Gasteiger charge is 2.14. The number of ether oxygens (including phenoxy) is 1. The van der Waals surface area contributed by atoms with Crippen LogP contribution in [-0.2, 0) is 9.53 Å². The first-order chi connectivity index (χ1) is 8.17. The molecule has 0 radical (unpaired) electrons. The van der Waals surface area contributed by atoms with Crippen LogP contribution in [0, 0.1) is 0 Å². The van der Waals surface area contributed by atoms with Gasteiger partial charge in [-0.25, -0.2) is 0 Å². The third-order valence-electron chi connectivity index (χ3n) is 1.71. The second kappa shape index (κ2) is 12.7. The zero-order chi connectivity index (χ0) is 13.7. The van der Waals surface area contributed by atoms with Crippen LogP contribution in [0.3, 0.4) is 0 Å². The largest absolute Gasteiger partial charge is 0.369 e. The average Bonchev–Trinajstić information content (AvgIpc) is 2.34. The molecular formula is C15H24O2. The molecule has 0 heterocycles. The minimum Gasteiger partial charge on any atom is -0.369 e. The molecule has 1 atom stereocenters. The van der Waals surface area contributed by atoms with Gasteiger partial charge in [-0.2, -0.15) is 0 Å². The summed E-state index contributed by atoms with van der Waals surface area (Å²) in [5.74, 6) is 0.0312. The molecule has 96 valence electrons. The van der Waals surface area contributed by atoms with Gasteiger partial charge in [0.1, 0.15) is 6.10 Å². The minimum atomic E-state index is -0.411. The van der Waals surface area contributed by atoms with Crippen molar-refractivity contribution in [2.45, 2.75) is 33.8 Å². The van der Waals surface area contributed by atoms with Crippen LogP contribution in [0.4, 0.5) is 0 Å². The van der Waals surface area contributed by atoms with E-state index in [-0.39, 0.29) is 5.78 Å². The van der Waals surface area contributed by atoms with Crippen molar-refractivity contribution in [3.05, 3.63) is 48.6 Å². The second-order valence-electron chi connectivity index (χ2n) is 3.05. The normalized spacial score (nSPS) is 9.94. The van der Waals surface area contributed by atoms with Crippen molar-refractivity contribution >= 4 is 5.78 Å². The molecule has 1 unspecified atom stereocenters. The van der Waals surface area contributed by atoms with E-state index in [0.29, 0.717) is 0 Å². The molecule has 0 amide bonds. The summed E-state index contributed by atoms with van der Waals surface area (Å²) in [6.07, 6.45) is 1.34. The van der Waals surface area contributed by atoms with E-state index in [4.69, 9.17) is 4.74 Å². The molecule has 0 aromatic heterocycles. The Morgan fingerprint density at radius 1 is 1.29 bits per heavy atom. The topological polar surface area (TPSA) is 26.3 Å². The Bertz CT molecular complexity index is 291. The van der Waals surface area contributed by atoms with E-state index in [2.05, 4.69) is 6.58 Å². The summed E-state index contributed by atoms with van der Waals surface area (Å²) in [6, 6.07) is 9.47. The van der Waals surface area contributed by atoms with Crippen molar-refractivity contribution < 1.29 is 9.53 Å². The van der Waals surface area contributed by atoms with E-state index < -0.39 is 6.10 Å². The Labute approximate surface area is 105 Å². The number of carbonyl (C=O) groups is 1. The molecule has 2 heteroatoms. The molecule has 17 heavy (non-hydrogen) atoms. The van der Waals surface area contributed by atoms with Crippen LogP contribution in [0.25, 0.3) is 0 Å². The maximum atomic E-state index is 11.1. The number of allylic oxidation sites excluding steroid dienone is 1. The van der Waals surface area contributed by atoms with E-state index in [1.54, 1.807) is 13.2 Å². The molecule has 2 nitrogen and oxygen atoms in total. The van der Waals surface area contributed by atoms with Gasteiger partial charge in [0, 0.05) is 7.11 Å². The number of hydrogen-bond acceptors (Lipinski definition) is 2. The van der Waals surface area contributed by atoms with Crippen molar-refractivity contribution in [3.8, 4) is 0 Å². The highest BCUT2D eigenvalue weighted by molar-refractivity contribution is 5.81. The first-order valence-corrected chi connectivity index (χ1v) is 5.82. The summed E-state index contributed by atoms with van der Waals surface area (Å²) in [7, 11) is 1.54. The molecule has 1 rings (SSSR count). The van der Waals surface area contributed by atoms with Crippen LogP contribution in [0.15, 0.2) is 43.0 Å². The van der Waals surface area contributed by atoms with Gasteiger partial charge in [-0.05, 0) is 19.4 Å². The van der Waals surface area contributed by atoms with Crippen LogP contribution in [0.5, 0.6) is 0 Å². The molecule has 0 saturated carbocycles. The highest BCUT2D eigenvalue weighted by Crippen LogP contribution is 2.16. The van der Waals surface area contributed by atoms with Crippen LogP contribution in [0.1, 0.15) is 39.4 Å². The number of hydrogen-bond donors (Lipinski definition) is 0. The SMILES string of the molecule is C=CC.CC.COC(C(C)=O)c1ccccc1. The molecule has 1 aromatic rings. The number of methoxy groups -OCH3 is 1. The summed E-state index contributed by atoms with van der Waals surface area (Å²) in [6.45, 7) is 10.8. The Hall–Kier alpha value is -1.41. The number of rotatable bonds is 3. The molecule has 0 aliphatic rings. The number of ketones is 1. The molecule has 1 aromatic carbocycles. The molecular weight excluding hydrogens is 212 g/mol. The highest BCUT2D eigenvalue weighted by atomic mass is 16.5. The zero-order valence-electron chi connectivity index (χ0n) is 11.6. The fraction of sp³-hybridized carbons (Fsp3) is 0.400. The molecule has 0 saturated heterocycles. The summed E-state index contributed by atoms with van der Waals surface area (Å²) < 4.78 is 5.05. The third-order valence-corrected chi connectivity index (χ3v) is 1.71. The molecule has 0 spiro atoms. The summed E-state index contributed by atoms with van der Waals surface area (Å²) >= 11 is 0. The van der Waals surface area contributed by atoms with E-state index >= 15 is 0 Å². The van der Waals surface area contributed by atoms with Crippen molar-refractivity contribution in [1.29, 1.82) is 0 Å². The predicted octanol–water partition coefficient (Wildman–Crippen LogP) is 4.18. The molecule has 0 bridgehead atoms. The summed E-state index contributed by atoms with van der Waals surface area (Å²) in [5, 5.41) is 0. The average molecular weight is 236 g/mol. The lowest BCUT2D eigenvalue weighted by Gasteiger charge is -2.11. The van der Waals surface area contributed by atoms with Crippen LogP contribution in [0.2, 0.25) is 0 Å². The van der Waals surface area contributed by atoms with E-state index in [0.717, 1.165) is 5.56 Å². The Kier molecular flexibility index (Phi) is 13.4. The molecule has 0 N–H and O–H groups in total. The van der Waals surface area contributed by atoms with Gasteiger partial charge in [-0.3, -0.25) is 4.79 Å². The monoisotopic (exact) mass is 236 g/mol. The fourth-order valence-corrected chi connectivity index (χ4v) is 1.16. The molecule has 0 fully saturated rings. The molecule has 0 aliphatic heterocycles. The Balaban J connectivity index is 0. The lowest BCUT2D eigenvalue weighted by atomic mass is 10.1. The van der Waals surface area contributed by atoms with Crippen molar-refractivity contribution in [2.24, 2.45) is 0 Å². The quantitative estimate of drug-likeness (QED) is 0.736. The maximum Gasteiger partial charge on any atom is 0.163 e. The number of benzene rings is 1. The number of carbonyl (C=O) groups excluding carboxylic acids is 1. The Morgan fingerprint density at radius 2 is 1.71 bits per heavy atom. The van der Waals surface area contributed by atoms with Gasteiger partial charge in [0.2, 0.25) is 0 Å². The minimum absolute atomic E-state index is 0.0312. The van der Waals surface area contributed by atoms with Crippen LogP contribution >= 0.6 is 0 Å². The van der Waals surface area contributed by atoms with Crippen molar-refractivity contribution in [3.63, 3.8) is 0 Å². The third kappa shape index (κ3) is 8.40. The van der Waals surface area contributed by atoms with Crippen LogP contribution in [-0.4, -0.2) is 12.9 Å². The maximum absolute atomic E-state index is 11.1. The second-order valence-corrected chi connectivity index (χ2v) is 3.05. The van der Waals surface area contributed by atoms with E-state index in [1.807, 2.05) is 51.1 Å². The van der Waals surface area contributed by atoms with Gasteiger partial charge < -0.3 is 4.74 Å². The smallest absolute Gasteiger partial charge is 0.163 e. The van der Waals surface area contributed by atoms with Gasteiger partial charge in [0.15, 0.2) is 5.78 Å². The van der Waals surface area contributed by atoms with Crippen molar-refractivity contribution in [2.75, 3.05) is 7.11 Å². The van der Waals surface area contributed by atoms with Gasteiger partial charge in [0.05, 0.1) is 0 Å².